The Labute approximate surface area is 170 Å². The number of urea groups is 1. The number of ketones is 1. The van der Waals surface area contributed by atoms with Gasteiger partial charge in [0.25, 0.3) is 0 Å². The SMILES string of the molecule is COc1cccc(N2CCN(C(=O)Nc3cc(C(C)=O)c(C)nc3OC)CC2)c1. The van der Waals surface area contributed by atoms with Crippen LogP contribution < -0.4 is 19.7 Å². The topological polar surface area (TPSA) is 84.0 Å². The Morgan fingerprint density at radius 1 is 1.07 bits per heavy atom. The quantitative estimate of drug-likeness (QED) is 0.780. The normalized spacial score (nSPS) is 13.8. The average Bonchev–Trinajstić information content (AvgIpc) is 2.74. The molecule has 154 valence electrons. The van der Waals surface area contributed by atoms with Crippen LogP contribution in [-0.4, -0.2) is 62.1 Å². The number of methoxy groups -OCH3 is 2. The maximum atomic E-state index is 12.8. The van der Waals surface area contributed by atoms with Gasteiger partial charge in [-0.2, -0.15) is 0 Å². The first kappa shape index (κ1) is 20.4. The molecule has 2 aromatic rings. The third-order valence-electron chi connectivity index (χ3n) is 4.98. The summed E-state index contributed by atoms with van der Waals surface area (Å²) in [7, 11) is 3.13. The van der Waals surface area contributed by atoms with E-state index < -0.39 is 0 Å². The number of carbonyl (C=O) groups is 2. The van der Waals surface area contributed by atoms with Crippen molar-refractivity contribution < 1.29 is 19.1 Å². The van der Waals surface area contributed by atoms with Crippen LogP contribution in [0, 0.1) is 6.92 Å². The molecule has 1 saturated heterocycles. The zero-order chi connectivity index (χ0) is 21.0. The molecular formula is C21H26N4O4. The zero-order valence-electron chi connectivity index (χ0n) is 17.2. The molecule has 0 atom stereocenters. The van der Waals surface area contributed by atoms with Crippen molar-refractivity contribution in [2.75, 3.05) is 50.6 Å². The fourth-order valence-electron chi connectivity index (χ4n) is 3.35. The summed E-state index contributed by atoms with van der Waals surface area (Å²) in [5.74, 6) is 0.985. The largest absolute Gasteiger partial charge is 0.497 e. The van der Waals surface area contributed by atoms with E-state index >= 15 is 0 Å². The lowest BCUT2D eigenvalue weighted by atomic mass is 10.1. The first-order chi connectivity index (χ1) is 13.9. The summed E-state index contributed by atoms with van der Waals surface area (Å²) in [6.07, 6.45) is 0. The van der Waals surface area contributed by atoms with E-state index in [1.807, 2.05) is 24.3 Å². The Morgan fingerprint density at radius 2 is 1.79 bits per heavy atom. The molecule has 1 aliphatic rings. The highest BCUT2D eigenvalue weighted by molar-refractivity contribution is 5.98. The number of piperazine rings is 1. The third-order valence-corrected chi connectivity index (χ3v) is 4.98. The minimum Gasteiger partial charge on any atom is -0.497 e. The number of amides is 2. The summed E-state index contributed by atoms with van der Waals surface area (Å²) in [6.45, 7) is 5.78. The molecule has 0 unspecified atom stereocenters. The van der Waals surface area contributed by atoms with Crippen LogP contribution in [0.5, 0.6) is 11.6 Å². The van der Waals surface area contributed by atoms with Gasteiger partial charge in [-0.15, -0.1) is 0 Å². The predicted molar refractivity (Wildman–Crippen MR) is 111 cm³/mol. The number of benzene rings is 1. The highest BCUT2D eigenvalue weighted by Gasteiger charge is 2.23. The number of hydrogen-bond acceptors (Lipinski definition) is 6. The van der Waals surface area contributed by atoms with Crippen molar-refractivity contribution in [2.45, 2.75) is 13.8 Å². The molecule has 1 aromatic heterocycles. The fraction of sp³-hybridized carbons (Fsp3) is 0.381. The summed E-state index contributed by atoms with van der Waals surface area (Å²) in [5, 5.41) is 2.84. The van der Waals surface area contributed by atoms with E-state index in [1.165, 1.54) is 14.0 Å². The van der Waals surface area contributed by atoms with Gasteiger partial charge in [0, 0.05) is 43.5 Å². The van der Waals surface area contributed by atoms with Gasteiger partial charge in [0.05, 0.1) is 19.9 Å². The summed E-state index contributed by atoms with van der Waals surface area (Å²) in [4.78, 5) is 32.8. The van der Waals surface area contributed by atoms with Crippen LogP contribution >= 0.6 is 0 Å². The van der Waals surface area contributed by atoms with Crippen molar-refractivity contribution in [1.29, 1.82) is 0 Å². The number of nitrogens with zero attached hydrogens (tertiary/aromatic N) is 3. The van der Waals surface area contributed by atoms with E-state index in [1.54, 1.807) is 25.0 Å². The molecule has 2 heterocycles. The number of pyridine rings is 1. The summed E-state index contributed by atoms with van der Waals surface area (Å²) < 4.78 is 10.6. The van der Waals surface area contributed by atoms with Crippen LogP contribution in [0.3, 0.4) is 0 Å². The Balaban J connectivity index is 1.67. The molecule has 0 aliphatic carbocycles. The standard InChI is InChI=1S/C21H26N4O4/c1-14-18(15(2)26)13-19(20(22-14)29-4)23-21(27)25-10-8-24(9-11-25)16-6-5-7-17(12-16)28-3/h5-7,12-13H,8-11H2,1-4H3,(H,23,27). The van der Waals surface area contributed by atoms with Crippen molar-refractivity contribution in [2.24, 2.45) is 0 Å². The van der Waals surface area contributed by atoms with Gasteiger partial charge in [-0.3, -0.25) is 4.79 Å². The van der Waals surface area contributed by atoms with Crippen LogP contribution in [0.15, 0.2) is 30.3 Å². The van der Waals surface area contributed by atoms with Gasteiger partial charge >= 0.3 is 6.03 Å². The van der Waals surface area contributed by atoms with Crippen LogP contribution in [0.1, 0.15) is 23.0 Å². The van der Waals surface area contributed by atoms with E-state index in [9.17, 15) is 9.59 Å². The Bertz CT molecular complexity index is 908. The van der Waals surface area contributed by atoms with Crippen molar-refractivity contribution in [3.63, 3.8) is 0 Å². The van der Waals surface area contributed by atoms with E-state index in [-0.39, 0.29) is 17.7 Å². The van der Waals surface area contributed by atoms with Gasteiger partial charge in [0.2, 0.25) is 5.88 Å². The lowest BCUT2D eigenvalue weighted by Gasteiger charge is -2.36. The minimum absolute atomic E-state index is 0.111. The van der Waals surface area contributed by atoms with Crippen LogP contribution in [-0.2, 0) is 0 Å². The third kappa shape index (κ3) is 4.59. The number of carbonyl (C=O) groups excluding carboxylic acids is 2. The average molecular weight is 398 g/mol. The lowest BCUT2D eigenvalue weighted by molar-refractivity contribution is 0.101. The summed E-state index contributed by atoms with van der Waals surface area (Å²) in [6, 6.07) is 9.26. The van der Waals surface area contributed by atoms with Crippen LogP contribution in [0.25, 0.3) is 0 Å². The van der Waals surface area contributed by atoms with Gasteiger partial charge in [0.1, 0.15) is 11.4 Å². The van der Waals surface area contributed by atoms with E-state index in [2.05, 4.69) is 15.2 Å². The van der Waals surface area contributed by atoms with E-state index in [4.69, 9.17) is 9.47 Å². The number of hydrogen-bond donors (Lipinski definition) is 1. The van der Waals surface area contributed by atoms with E-state index in [0.29, 0.717) is 43.1 Å². The Kier molecular flexibility index (Phi) is 6.21. The fourth-order valence-corrected chi connectivity index (χ4v) is 3.35. The number of ether oxygens (including phenoxy) is 2. The van der Waals surface area contributed by atoms with Gasteiger partial charge in [-0.1, -0.05) is 6.07 Å². The lowest BCUT2D eigenvalue weighted by Crippen LogP contribution is -2.50. The molecule has 2 amide bonds. The molecule has 3 rings (SSSR count). The zero-order valence-corrected chi connectivity index (χ0v) is 17.2. The number of nitrogens with one attached hydrogen (secondary N) is 1. The molecule has 1 aliphatic heterocycles. The first-order valence-corrected chi connectivity index (χ1v) is 9.44. The molecule has 0 bridgehead atoms. The van der Waals surface area contributed by atoms with Crippen molar-refractivity contribution >= 4 is 23.2 Å². The molecule has 0 radical (unpaired) electrons. The predicted octanol–water partition coefficient (Wildman–Crippen LogP) is 2.96. The molecule has 0 saturated carbocycles. The van der Waals surface area contributed by atoms with Crippen LogP contribution in [0.2, 0.25) is 0 Å². The Hall–Kier alpha value is -3.29. The number of rotatable bonds is 5. The highest BCUT2D eigenvalue weighted by atomic mass is 16.5. The van der Waals surface area contributed by atoms with Crippen LogP contribution in [0.4, 0.5) is 16.2 Å². The molecule has 29 heavy (non-hydrogen) atoms. The highest BCUT2D eigenvalue weighted by Crippen LogP contribution is 2.26. The van der Waals surface area contributed by atoms with Gasteiger partial charge < -0.3 is 24.6 Å². The second-order valence-corrected chi connectivity index (χ2v) is 6.84. The second-order valence-electron chi connectivity index (χ2n) is 6.84. The molecule has 0 spiro atoms. The Morgan fingerprint density at radius 3 is 2.41 bits per heavy atom. The smallest absolute Gasteiger partial charge is 0.322 e. The van der Waals surface area contributed by atoms with Gasteiger partial charge in [-0.05, 0) is 32.0 Å². The van der Waals surface area contributed by atoms with Crippen molar-refractivity contribution in [3.05, 3.63) is 41.6 Å². The monoisotopic (exact) mass is 398 g/mol. The van der Waals surface area contributed by atoms with Crippen molar-refractivity contribution in [3.8, 4) is 11.6 Å². The first-order valence-electron chi connectivity index (χ1n) is 9.44. The number of anilines is 2. The maximum absolute atomic E-state index is 12.8. The maximum Gasteiger partial charge on any atom is 0.322 e. The molecule has 1 aromatic carbocycles. The van der Waals surface area contributed by atoms with Crippen molar-refractivity contribution in [1.82, 2.24) is 9.88 Å². The molecule has 1 fully saturated rings. The van der Waals surface area contributed by atoms with Gasteiger partial charge in [-0.25, -0.2) is 9.78 Å². The number of aryl methyl sites for hydroxylation is 1. The molecule has 8 nitrogen and oxygen atoms in total. The minimum atomic E-state index is -0.242. The van der Waals surface area contributed by atoms with Gasteiger partial charge in [0.15, 0.2) is 5.78 Å². The summed E-state index contributed by atoms with van der Waals surface area (Å²) >= 11 is 0. The molecular weight excluding hydrogens is 372 g/mol. The summed E-state index contributed by atoms with van der Waals surface area (Å²) in [5.41, 5.74) is 2.49. The number of aromatic nitrogens is 1. The molecule has 1 N–H and O–H groups in total. The molecule has 8 heteroatoms. The second kappa shape index (κ2) is 8.81. The van der Waals surface area contributed by atoms with E-state index in [0.717, 1.165) is 11.4 Å². The number of Topliss-reactive ketones (excluding diaryl/α,β-unsaturated/α-hetero) is 1.